The fourth-order valence-electron chi connectivity index (χ4n) is 0.590. The van der Waals surface area contributed by atoms with Crippen LogP contribution >= 0.6 is 11.6 Å². The topological polar surface area (TPSA) is 33.3 Å². The quantitative estimate of drug-likeness (QED) is 0.668. The Kier molecular flexibility index (Phi) is 3.16. The Morgan fingerprint density at radius 1 is 1.42 bits per heavy atom. The van der Waals surface area contributed by atoms with Crippen molar-refractivity contribution < 1.29 is 13.5 Å². The van der Waals surface area contributed by atoms with Crippen molar-refractivity contribution >= 4 is 11.6 Å². The van der Waals surface area contributed by atoms with E-state index in [9.17, 15) is 8.78 Å². The van der Waals surface area contributed by atoms with Crippen LogP contribution in [0.25, 0.3) is 0 Å². The van der Waals surface area contributed by atoms with Crippen molar-refractivity contribution in [2.75, 3.05) is 6.61 Å². The zero-order chi connectivity index (χ0) is 8.97. The summed E-state index contributed by atoms with van der Waals surface area (Å²) in [5, 5.41) is 0.374. The maximum absolute atomic E-state index is 11.6. The van der Waals surface area contributed by atoms with Crippen molar-refractivity contribution in [3.8, 4) is 0 Å². The molecule has 0 aromatic heterocycles. The molecule has 1 rings (SSSR count). The molecule has 1 aliphatic heterocycles. The number of alkyl halides is 2. The molecule has 6 heteroatoms. The van der Waals surface area contributed by atoms with E-state index in [4.69, 9.17) is 11.6 Å². The van der Waals surface area contributed by atoms with Gasteiger partial charge in [0.1, 0.15) is 5.16 Å². The molecule has 0 aliphatic carbocycles. The predicted molar refractivity (Wildman–Crippen MR) is 40.2 cm³/mol. The molecular formula is C6H7ClF2N2O. The molecule has 0 saturated carbocycles. The van der Waals surface area contributed by atoms with Gasteiger partial charge < -0.3 is 4.74 Å². The van der Waals surface area contributed by atoms with Crippen LogP contribution in [0.1, 0.15) is 0 Å². The molecule has 1 heterocycles. The van der Waals surface area contributed by atoms with E-state index in [1.165, 1.54) is 12.2 Å². The van der Waals surface area contributed by atoms with Gasteiger partial charge >= 0.3 is 0 Å². The van der Waals surface area contributed by atoms with Crippen LogP contribution in [0.4, 0.5) is 8.78 Å². The molecule has 12 heavy (non-hydrogen) atoms. The molecule has 1 aliphatic rings. The van der Waals surface area contributed by atoms with Gasteiger partial charge in [-0.2, -0.15) is 0 Å². The Labute approximate surface area is 73.0 Å². The minimum absolute atomic E-state index is 0.222. The minimum Gasteiger partial charge on any atom is -0.472 e. The van der Waals surface area contributed by atoms with E-state index in [1.807, 2.05) is 0 Å². The summed E-state index contributed by atoms with van der Waals surface area (Å²) in [6, 6.07) is 0. The number of rotatable bonds is 3. The fourth-order valence-corrected chi connectivity index (χ4v) is 0.701. The lowest BCUT2D eigenvalue weighted by Gasteiger charge is -2.16. The molecule has 0 radical (unpaired) electrons. The second-order valence-corrected chi connectivity index (χ2v) is 2.40. The Hall–Kier alpha value is -0.970. The van der Waals surface area contributed by atoms with Crippen molar-refractivity contribution in [2.24, 2.45) is 0 Å². The molecule has 0 spiro atoms. The second kappa shape index (κ2) is 4.15. The molecule has 0 atom stereocenters. The number of halogens is 3. The summed E-state index contributed by atoms with van der Waals surface area (Å²) in [6.07, 6.45) is 0.481. The molecule has 68 valence electrons. The van der Waals surface area contributed by atoms with Gasteiger partial charge in [0.05, 0.1) is 0 Å². The third-order valence-corrected chi connectivity index (χ3v) is 1.27. The molecule has 0 amide bonds. The molecule has 0 saturated heterocycles. The van der Waals surface area contributed by atoms with E-state index in [0.29, 0.717) is 5.16 Å². The van der Waals surface area contributed by atoms with E-state index < -0.39 is 13.0 Å². The fraction of sp³-hybridized carbons (Fsp3) is 0.333. The highest BCUT2D eigenvalue weighted by Crippen LogP contribution is 2.05. The van der Waals surface area contributed by atoms with Gasteiger partial charge in [0.15, 0.2) is 6.61 Å². The molecule has 2 N–H and O–H groups in total. The predicted octanol–water partition coefficient (Wildman–Crippen LogP) is 1.30. The molecule has 0 aromatic carbocycles. The van der Waals surface area contributed by atoms with Gasteiger partial charge in [0.25, 0.3) is 6.43 Å². The number of nitrogens with one attached hydrogen (secondary N) is 2. The van der Waals surface area contributed by atoms with E-state index in [1.54, 1.807) is 0 Å². The van der Waals surface area contributed by atoms with Crippen LogP contribution in [-0.4, -0.2) is 13.0 Å². The second-order valence-electron chi connectivity index (χ2n) is 2.00. The van der Waals surface area contributed by atoms with Crippen molar-refractivity contribution in [1.82, 2.24) is 10.9 Å². The smallest absolute Gasteiger partial charge is 0.272 e. The monoisotopic (exact) mass is 196 g/mol. The van der Waals surface area contributed by atoms with Gasteiger partial charge in [-0.05, 0) is 6.08 Å². The lowest BCUT2D eigenvalue weighted by molar-refractivity contribution is 0.0409. The third-order valence-electron chi connectivity index (χ3n) is 1.05. The van der Waals surface area contributed by atoms with Gasteiger partial charge in [-0.25, -0.2) is 8.78 Å². The first-order valence-electron chi connectivity index (χ1n) is 3.19. The lowest BCUT2D eigenvalue weighted by atomic mass is 10.5. The number of hydrogen-bond acceptors (Lipinski definition) is 3. The van der Waals surface area contributed by atoms with Crippen molar-refractivity contribution in [3.63, 3.8) is 0 Å². The number of hydrogen-bond donors (Lipinski definition) is 2. The van der Waals surface area contributed by atoms with Crippen LogP contribution < -0.4 is 10.9 Å². The SMILES string of the molecule is FC(F)COC1=CC=C(Cl)NN1. The zero-order valence-electron chi connectivity index (χ0n) is 5.98. The molecule has 0 fully saturated rings. The van der Waals surface area contributed by atoms with Gasteiger partial charge in [-0.1, -0.05) is 11.6 Å². The number of ether oxygens (including phenoxy) is 1. The van der Waals surface area contributed by atoms with E-state index in [-0.39, 0.29) is 5.88 Å². The Balaban J connectivity index is 2.34. The highest BCUT2D eigenvalue weighted by atomic mass is 35.5. The van der Waals surface area contributed by atoms with Gasteiger partial charge in [-0.15, -0.1) is 0 Å². The van der Waals surface area contributed by atoms with Crippen molar-refractivity contribution in [1.29, 1.82) is 0 Å². The Bertz CT molecular complexity index is 218. The van der Waals surface area contributed by atoms with E-state index >= 15 is 0 Å². The maximum Gasteiger partial charge on any atom is 0.272 e. The largest absolute Gasteiger partial charge is 0.472 e. The van der Waals surface area contributed by atoms with Crippen LogP contribution in [0.5, 0.6) is 0 Å². The first-order chi connectivity index (χ1) is 5.68. The normalized spacial score (nSPS) is 16.0. The minimum atomic E-state index is -2.48. The molecule has 0 aromatic rings. The van der Waals surface area contributed by atoms with Crippen LogP contribution in [0.2, 0.25) is 0 Å². The van der Waals surface area contributed by atoms with Crippen LogP contribution in [0.15, 0.2) is 23.2 Å². The Morgan fingerprint density at radius 3 is 2.67 bits per heavy atom. The zero-order valence-corrected chi connectivity index (χ0v) is 6.74. The van der Waals surface area contributed by atoms with Crippen LogP contribution in [-0.2, 0) is 4.74 Å². The summed E-state index contributed by atoms with van der Waals surface area (Å²) in [5.74, 6) is 0.222. The summed E-state index contributed by atoms with van der Waals surface area (Å²) in [4.78, 5) is 0. The molecule has 3 nitrogen and oxygen atoms in total. The summed E-state index contributed by atoms with van der Waals surface area (Å²) in [7, 11) is 0. The van der Waals surface area contributed by atoms with Crippen LogP contribution in [0, 0.1) is 0 Å². The molecule has 0 unspecified atom stereocenters. The van der Waals surface area contributed by atoms with Crippen molar-refractivity contribution in [3.05, 3.63) is 23.2 Å². The number of hydrazine groups is 1. The first kappa shape index (κ1) is 9.12. The average Bonchev–Trinajstić information content (AvgIpc) is 2.03. The average molecular weight is 197 g/mol. The van der Waals surface area contributed by atoms with E-state index in [0.717, 1.165) is 0 Å². The van der Waals surface area contributed by atoms with Gasteiger partial charge in [-0.3, -0.25) is 10.9 Å². The first-order valence-corrected chi connectivity index (χ1v) is 3.57. The Morgan fingerprint density at radius 2 is 2.17 bits per heavy atom. The highest BCUT2D eigenvalue weighted by Gasteiger charge is 2.07. The summed E-state index contributed by atoms with van der Waals surface area (Å²) >= 11 is 5.48. The lowest BCUT2D eigenvalue weighted by Crippen LogP contribution is -2.32. The highest BCUT2D eigenvalue weighted by molar-refractivity contribution is 6.29. The summed E-state index contributed by atoms with van der Waals surface area (Å²) in [5.41, 5.74) is 4.97. The van der Waals surface area contributed by atoms with Gasteiger partial charge in [0.2, 0.25) is 5.88 Å². The maximum atomic E-state index is 11.6. The third kappa shape index (κ3) is 2.96. The summed E-state index contributed by atoms with van der Waals surface area (Å²) < 4.78 is 27.9. The van der Waals surface area contributed by atoms with Crippen LogP contribution in [0.3, 0.4) is 0 Å². The number of allylic oxidation sites excluding steroid dienone is 2. The standard InChI is InChI=1S/C6H7ClF2N2O/c7-4-1-2-6(11-10-4)12-3-5(8)9/h1-2,5,10-11H,3H2. The van der Waals surface area contributed by atoms with E-state index in [2.05, 4.69) is 15.6 Å². The van der Waals surface area contributed by atoms with Crippen molar-refractivity contribution in [2.45, 2.75) is 6.43 Å². The van der Waals surface area contributed by atoms with Gasteiger partial charge in [0, 0.05) is 6.08 Å². The summed E-state index contributed by atoms with van der Waals surface area (Å²) in [6.45, 7) is -0.633. The molecular weight excluding hydrogens is 190 g/mol. The molecule has 0 bridgehead atoms.